The third kappa shape index (κ3) is 2.05. The predicted molar refractivity (Wildman–Crippen MR) is 76.7 cm³/mol. The van der Waals surface area contributed by atoms with Gasteiger partial charge in [0.1, 0.15) is 0 Å². The Balaban J connectivity index is 2.12. The van der Waals surface area contributed by atoms with Gasteiger partial charge in [0, 0.05) is 23.7 Å². The van der Waals surface area contributed by atoms with E-state index in [1.807, 2.05) is 18.2 Å². The Labute approximate surface area is 113 Å². The first-order valence-electron chi connectivity index (χ1n) is 6.01. The van der Waals surface area contributed by atoms with E-state index in [-0.39, 0.29) is 11.2 Å². The van der Waals surface area contributed by atoms with E-state index < -0.39 is 4.92 Å². The molecule has 5 heteroatoms. The van der Waals surface area contributed by atoms with Gasteiger partial charge in [-0.15, -0.1) is 0 Å². The van der Waals surface area contributed by atoms with Crippen LogP contribution in [0.1, 0.15) is 0 Å². The summed E-state index contributed by atoms with van der Waals surface area (Å²) in [5.74, 6) is 0. The number of pyridine rings is 1. The summed E-state index contributed by atoms with van der Waals surface area (Å²) < 4.78 is 0. The highest BCUT2D eigenvalue weighted by Gasteiger charge is 2.06. The zero-order chi connectivity index (χ0) is 14.1. The summed E-state index contributed by atoms with van der Waals surface area (Å²) in [6.45, 7) is 0. The Morgan fingerprint density at radius 3 is 2.35 bits per heavy atom. The number of nitro benzene ring substituents is 1. The molecule has 0 fully saturated rings. The van der Waals surface area contributed by atoms with Gasteiger partial charge in [-0.2, -0.15) is 0 Å². The number of H-pyrrole nitrogens is 1. The van der Waals surface area contributed by atoms with Crippen molar-refractivity contribution in [3.63, 3.8) is 0 Å². The third-order valence-corrected chi connectivity index (χ3v) is 3.19. The Kier molecular flexibility index (Phi) is 2.80. The monoisotopic (exact) mass is 266 g/mol. The number of benzene rings is 2. The molecule has 0 spiro atoms. The summed E-state index contributed by atoms with van der Waals surface area (Å²) in [7, 11) is 0. The maximum absolute atomic E-state index is 11.8. The fraction of sp³-hybridized carbons (Fsp3) is 0. The van der Waals surface area contributed by atoms with Crippen LogP contribution in [0.4, 0.5) is 5.69 Å². The minimum absolute atomic E-state index is 0.0485. The van der Waals surface area contributed by atoms with Crippen molar-refractivity contribution in [2.24, 2.45) is 0 Å². The quantitative estimate of drug-likeness (QED) is 0.572. The number of aromatic nitrogens is 1. The number of rotatable bonds is 2. The van der Waals surface area contributed by atoms with Gasteiger partial charge < -0.3 is 4.98 Å². The minimum atomic E-state index is -0.436. The summed E-state index contributed by atoms with van der Waals surface area (Å²) in [6, 6.07) is 13.6. The highest BCUT2D eigenvalue weighted by molar-refractivity contribution is 5.86. The molecule has 0 bridgehead atoms. The molecule has 0 amide bonds. The molecular formula is C15H10N2O3. The van der Waals surface area contributed by atoms with Crippen LogP contribution < -0.4 is 5.56 Å². The molecule has 0 atom stereocenters. The number of non-ortho nitro benzene ring substituents is 1. The Hall–Kier alpha value is -2.95. The lowest BCUT2D eigenvalue weighted by Crippen LogP contribution is -2.04. The van der Waals surface area contributed by atoms with Crippen molar-refractivity contribution in [2.75, 3.05) is 0 Å². The topological polar surface area (TPSA) is 76.0 Å². The molecule has 1 aromatic heterocycles. The van der Waals surface area contributed by atoms with Crippen molar-refractivity contribution in [1.82, 2.24) is 4.98 Å². The Morgan fingerprint density at radius 2 is 1.65 bits per heavy atom. The third-order valence-electron chi connectivity index (χ3n) is 3.19. The van der Waals surface area contributed by atoms with Crippen LogP contribution in [0.15, 0.2) is 59.5 Å². The highest BCUT2D eigenvalue weighted by atomic mass is 16.6. The van der Waals surface area contributed by atoms with E-state index in [0.717, 1.165) is 16.5 Å². The number of hydrogen-bond donors (Lipinski definition) is 1. The summed E-state index contributed by atoms with van der Waals surface area (Å²) in [4.78, 5) is 24.6. The number of aromatic amines is 1. The van der Waals surface area contributed by atoms with E-state index in [9.17, 15) is 14.9 Å². The molecule has 2 aromatic carbocycles. The molecule has 5 nitrogen and oxygen atoms in total. The fourth-order valence-electron chi connectivity index (χ4n) is 2.14. The van der Waals surface area contributed by atoms with Crippen LogP contribution in [0, 0.1) is 10.1 Å². The van der Waals surface area contributed by atoms with Crippen LogP contribution in [0.3, 0.4) is 0 Å². The molecule has 0 aliphatic carbocycles. The molecule has 0 radical (unpaired) electrons. The van der Waals surface area contributed by atoms with Crippen LogP contribution >= 0.6 is 0 Å². The molecule has 0 aliphatic rings. The van der Waals surface area contributed by atoms with E-state index >= 15 is 0 Å². The average Bonchev–Trinajstić information content (AvgIpc) is 2.47. The molecule has 3 rings (SSSR count). The lowest BCUT2D eigenvalue weighted by Gasteiger charge is -2.03. The van der Waals surface area contributed by atoms with E-state index in [4.69, 9.17) is 0 Å². The highest BCUT2D eigenvalue weighted by Crippen LogP contribution is 2.24. The zero-order valence-electron chi connectivity index (χ0n) is 10.4. The maximum atomic E-state index is 11.8. The normalized spacial score (nSPS) is 10.6. The molecular weight excluding hydrogens is 256 g/mol. The molecule has 0 saturated heterocycles. The van der Waals surface area contributed by atoms with Gasteiger partial charge in [-0.25, -0.2) is 0 Å². The van der Waals surface area contributed by atoms with Gasteiger partial charge in [0.25, 0.3) is 11.2 Å². The molecule has 0 saturated carbocycles. The molecule has 0 unspecified atom stereocenters. The van der Waals surface area contributed by atoms with Crippen molar-refractivity contribution >= 4 is 16.5 Å². The summed E-state index contributed by atoms with van der Waals surface area (Å²) in [6.07, 6.45) is 1.61. The van der Waals surface area contributed by atoms with Gasteiger partial charge in [0.15, 0.2) is 0 Å². The first-order valence-corrected chi connectivity index (χ1v) is 6.01. The predicted octanol–water partition coefficient (Wildman–Crippen LogP) is 3.10. The number of nitrogens with one attached hydrogen (secondary N) is 1. The van der Waals surface area contributed by atoms with Crippen molar-refractivity contribution in [3.8, 4) is 11.1 Å². The van der Waals surface area contributed by atoms with Gasteiger partial charge in [-0.05, 0) is 40.8 Å². The van der Waals surface area contributed by atoms with Crippen LogP contribution in [-0.2, 0) is 0 Å². The van der Waals surface area contributed by atoms with E-state index in [0.29, 0.717) is 5.39 Å². The summed E-state index contributed by atoms with van der Waals surface area (Å²) >= 11 is 0. The summed E-state index contributed by atoms with van der Waals surface area (Å²) in [5, 5.41) is 12.1. The standard InChI is InChI=1S/C15H10N2O3/c18-15-14-9-12(2-1-11(14)7-8-16-15)10-3-5-13(6-4-10)17(19)20/h1-9H,(H,16,18). The van der Waals surface area contributed by atoms with E-state index in [1.165, 1.54) is 12.1 Å². The van der Waals surface area contributed by atoms with Crippen molar-refractivity contribution in [1.29, 1.82) is 0 Å². The second-order valence-corrected chi connectivity index (χ2v) is 4.41. The van der Waals surface area contributed by atoms with Crippen molar-refractivity contribution < 1.29 is 4.92 Å². The van der Waals surface area contributed by atoms with Gasteiger partial charge in [0.2, 0.25) is 0 Å². The van der Waals surface area contributed by atoms with E-state index in [1.54, 1.807) is 24.4 Å². The molecule has 1 N–H and O–H groups in total. The minimum Gasteiger partial charge on any atom is -0.329 e. The maximum Gasteiger partial charge on any atom is 0.269 e. The Bertz CT molecular complexity index is 851. The first kappa shape index (κ1) is 12.1. The number of nitro groups is 1. The van der Waals surface area contributed by atoms with Crippen LogP contribution in [0.25, 0.3) is 21.9 Å². The SMILES string of the molecule is O=c1[nH]ccc2ccc(-c3ccc([N+](=O)[O-])cc3)cc12. The molecule has 0 aliphatic heterocycles. The fourth-order valence-corrected chi connectivity index (χ4v) is 2.14. The molecule has 98 valence electrons. The van der Waals surface area contributed by atoms with Gasteiger partial charge in [-0.1, -0.05) is 12.1 Å². The lowest BCUT2D eigenvalue weighted by atomic mass is 10.0. The largest absolute Gasteiger partial charge is 0.329 e. The van der Waals surface area contributed by atoms with Crippen LogP contribution in [0.2, 0.25) is 0 Å². The number of fused-ring (bicyclic) bond motifs is 1. The van der Waals surface area contributed by atoms with Gasteiger partial charge >= 0.3 is 0 Å². The smallest absolute Gasteiger partial charge is 0.269 e. The van der Waals surface area contributed by atoms with E-state index in [2.05, 4.69) is 4.98 Å². The van der Waals surface area contributed by atoms with Crippen LogP contribution in [-0.4, -0.2) is 9.91 Å². The van der Waals surface area contributed by atoms with Crippen molar-refractivity contribution in [3.05, 3.63) is 75.2 Å². The number of nitrogens with zero attached hydrogens (tertiary/aromatic N) is 1. The van der Waals surface area contributed by atoms with Crippen LogP contribution in [0.5, 0.6) is 0 Å². The second-order valence-electron chi connectivity index (χ2n) is 4.41. The molecule has 20 heavy (non-hydrogen) atoms. The molecule has 3 aromatic rings. The Morgan fingerprint density at radius 1 is 0.950 bits per heavy atom. The lowest BCUT2D eigenvalue weighted by molar-refractivity contribution is -0.384. The first-order chi connectivity index (χ1) is 9.65. The summed E-state index contributed by atoms with van der Waals surface area (Å²) in [5.41, 5.74) is 1.59. The average molecular weight is 266 g/mol. The van der Waals surface area contributed by atoms with Crippen molar-refractivity contribution in [2.45, 2.75) is 0 Å². The molecule has 1 heterocycles. The second kappa shape index (κ2) is 4.62. The van der Waals surface area contributed by atoms with Gasteiger partial charge in [-0.3, -0.25) is 14.9 Å². The number of hydrogen-bond acceptors (Lipinski definition) is 3. The van der Waals surface area contributed by atoms with Gasteiger partial charge in [0.05, 0.1) is 4.92 Å². The zero-order valence-corrected chi connectivity index (χ0v) is 10.4.